The van der Waals surface area contributed by atoms with E-state index in [1.165, 1.54) is 65.9 Å². The summed E-state index contributed by atoms with van der Waals surface area (Å²) in [5, 5.41) is 10.1. The number of nitrogens with one attached hydrogen (secondary N) is 1. The molecule has 0 bridgehead atoms. The predicted octanol–water partition coefficient (Wildman–Crippen LogP) is 15.3. The van der Waals surface area contributed by atoms with Gasteiger partial charge in [-0.05, 0) is 105 Å². The summed E-state index contributed by atoms with van der Waals surface area (Å²) in [7, 11) is 0. The molecule has 312 valence electrons. The normalized spacial score (nSPS) is 14.6. The number of fused-ring (bicyclic) bond motifs is 7. The van der Waals surface area contributed by atoms with Crippen molar-refractivity contribution < 1.29 is 0 Å². The minimum absolute atomic E-state index is 0.235. The number of nitrogens with zero attached hydrogens (tertiary/aromatic N) is 3. The van der Waals surface area contributed by atoms with Crippen LogP contribution in [0.15, 0.2) is 229 Å². The summed E-state index contributed by atoms with van der Waals surface area (Å²) < 4.78 is 4.96. The summed E-state index contributed by atoms with van der Waals surface area (Å²) in [4.78, 5) is 5.30. The van der Waals surface area contributed by atoms with E-state index in [0.717, 1.165) is 63.4 Å². The quantitative estimate of drug-likeness (QED) is 0.170. The van der Waals surface area contributed by atoms with E-state index in [-0.39, 0.29) is 6.17 Å². The molecule has 1 aliphatic carbocycles. The number of para-hydroxylation sites is 3. The molecule has 4 nitrogen and oxygen atoms in total. The Morgan fingerprint density at radius 3 is 1.77 bits per heavy atom. The maximum Gasteiger partial charge on any atom is 0.145 e. The second-order valence-electron chi connectivity index (χ2n) is 17.5. The summed E-state index contributed by atoms with van der Waals surface area (Å²) in [6.45, 7) is 0. The number of hydrogen-bond acceptors (Lipinski definition) is 2. The molecule has 1 atom stereocenters. The summed E-state index contributed by atoms with van der Waals surface area (Å²) in [5.41, 5.74) is 18.7. The van der Waals surface area contributed by atoms with E-state index in [9.17, 15) is 0 Å². The molecule has 2 aliphatic rings. The Bertz CT molecular complexity index is 3710. The topological polar surface area (TPSA) is 34.2 Å². The first-order chi connectivity index (χ1) is 32.7. The van der Waals surface area contributed by atoms with Crippen LogP contribution in [0, 0.1) is 0 Å². The van der Waals surface area contributed by atoms with Crippen LogP contribution in [-0.4, -0.2) is 14.8 Å². The van der Waals surface area contributed by atoms with E-state index in [1.807, 2.05) is 0 Å². The highest BCUT2D eigenvalue weighted by atomic mass is 15.1. The first-order valence-corrected chi connectivity index (χ1v) is 23.0. The molecule has 3 heterocycles. The van der Waals surface area contributed by atoms with Crippen LogP contribution < -0.4 is 5.32 Å². The highest BCUT2D eigenvalue weighted by Gasteiger charge is 2.23. The number of hydrogen-bond donors (Lipinski definition) is 1. The van der Waals surface area contributed by atoms with Crippen LogP contribution in [0.2, 0.25) is 0 Å². The van der Waals surface area contributed by atoms with Gasteiger partial charge in [0.1, 0.15) is 6.17 Å². The van der Waals surface area contributed by atoms with Crippen LogP contribution in [0.4, 0.5) is 0 Å². The molecule has 13 rings (SSSR count). The van der Waals surface area contributed by atoms with E-state index in [0.29, 0.717) is 0 Å². The van der Waals surface area contributed by atoms with E-state index in [4.69, 9.17) is 4.99 Å². The van der Waals surface area contributed by atoms with E-state index < -0.39 is 0 Å². The highest BCUT2D eigenvalue weighted by molar-refractivity contribution is 6.13. The van der Waals surface area contributed by atoms with Gasteiger partial charge in [0.2, 0.25) is 0 Å². The second-order valence-corrected chi connectivity index (χ2v) is 17.5. The van der Waals surface area contributed by atoms with Crippen molar-refractivity contribution in [2.24, 2.45) is 4.99 Å². The smallest absolute Gasteiger partial charge is 0.145 e. The van der Waals surface area contributed by atoms with E-state index >= 15 is 0 Å². The molecular formula is C62H44N4. The van der Waals surface area contributed by atoms with Gasteiger partial charge < -0.3 is 14.5 Å². The molecule has 1 aliphatic heterocycles. The Morgan fingerprint density at radius 2 is 1.03 bits per heavy atom. The van der Waals surface area contributed by atoms with Crippen LogP contribution in [0.5, 0.6) is 0 Å². The molecule has 0 saturated carbocycles. The van der Waals surface area contributed by atoms with Gasteiger partial charge >= 0.3 is 0 Å². The summed E-state index contributed by atoms with van der Waals surface area (Å²) in [6, 6.07) is 77.2. The lowest BCUT2D eigenvalue weighted by Crippen LogP contribution is -2.24. The molecule has 1 unspecified atom stereocenters. The van der Waals surface area contributed by atoms with Crippen molar-refractivity contribution in [3.8, 4) is 33.6 Å². The third-order valence-corrected chi connectivity index (χ3v) is 13.6. The monoisotopic (exact) mass is 844 g/mol. The fourth-order valence-corrected chi connectivity index (χ4v) is 10.5. The number of rotatable bonds is 7. The summed E-state index contributed by atoms with van der Waals surface area (Å²) in [5.74, 6) is 0. The second kappa shape index (κ2) is 15.7. The fraction of sp³-hybridized carbons (Fsp3) is 0.0484. The maximum absolute atomic E-state index is 5.30. The van der Waals surface area contributed by atoms with Crippen LogP contribution in [0.1, 0.15) is 40.5 Å². The van der Waals surface area contributed by atoms with Gasteiger partial charge in [-0.1, -0.05) is 188 Å². The van der Waals surface area contributed by atoms with Gasteiger partial charge in [-0.15, -0.1) is 0 Å². The van der Waals surface area contributed by atoms with Crippen LogP contribution in [0.25, 0.3) is 88.9 Å². The Kier molecular flexibility index (Phi) is 9.02. The zero-order valence-corrected chi connectivity index (χ0v) is 36.3. The molecule has 9 aromatic carbocycles. The highest BCUT2D eigenvalue weighted by Crippen LogP contribution is 2.39. The average molecular weight is 845 g/mol. The van der Waals surface area contributed by atoms with Gasteiger partial charge in [0, 0.05) is 44.5 Å². The molecule has 4 heteroatoms. The maximum atomic E-state index is 5.30. The fourth-order valence-electron chi connectivity index (χ4n) is 10.5. The molecule has 0 fully saturated rings. The predicted molar refractivity (Wildman–Crippen MR) is 277 cm³/mol. The third kappa shape index (κ3) is 6.41. The van der Waals surface area contributed by atoms with Gasteiger partial charge in [-0.25, -0.2) is 0 Å². The van der Waals surface area contributed by atoms with Crippen LogP contribution in [0.3, 0.4) is 0 Å². The minimum atomic E-state index is -0.235. The lowest BCUT2D eigenvalue weighted by molar-refractivity contribution is 0.664. The molecule has 66 heavy (non-hydrogen) atoms. The van der Waals surface area contributed by atoms with Crippen LogP contribution in [-0.2, 0) is 6.42 Å². The van der Waals surface area contributed by atoms with Crippen molar-refractivity contribution in [1.82, 2.24) is 14.5 Å². The van der Waals surface area contributed by atoms with Gasteiger partial charge in [0.25, 0.3) is 0 Å². The zero-order valence-electron chi connectivity index (χ0n) is 36.3. The molecule has 0 radical (unpaired) electrons. The lowest BCUT2D eigenvalue weighted by atomic mass is 9.96. The van der Waals surface area contributed by atoms with Gasteiger partial charge in [0.15, 0.2) is 0 Å². The number of benzene rings is 9. The SMILES string of the molecule is C1=Cc2c(n(-c3cc(-c4ccc(C5=CC(c6ccc(-c7cccc8ccccc78)cc6)=NC(c6ccccc6)N5)cc4)cc(-n4c5ccccc5c5ccccc54)c3)c3ccccc23)CC1. The first kappa shape index (κ1) is 38.0. The van der Waals surface area contributed by atoms with Crippen LogP contribution >= 0.6 is 0 Å². The number of allylic oxidation sites excluding steroid dienone is 2. The third-order valence-electron chi connectivity index (χ3n) is 13.6. The van der Waals surface area contributed by atoms with Crippen molar-refractivity contribution in [2.75, 3.05) is 0 Å². The Balaban J connectivity index is 0.923. The molecule has 1 N–H and O–H groups in total. The Hall–Kier alpha value is -8.47. The lowest BCUT2D eigenvalue weighted by Gasteiger charge is -2.25. The number of aliphatic imine (C=N–C) groups is 1. The Labute approximate surface area is 383 Å². The van der Waals surface area contributed by atoms with Crippen molar-refractivity contribution >= 4 is 61.0 Å². The summed E-state index contributed by atoms with van der Waals surface area (Å²) in [6.07, 6.45) is 8.63. The van der Waals surface area contributed by atoms with Crippen molar-refractivity contribution in [3.05, 3.63) is 252 Å². The average Bonchev–Trinajstić information content (AvgIpc) is 3.92. The van der Waals surface area contributed by atoms with Crippen molar-refractivity contribution in [3.63, 3.8) is 0 Å². The molecule has 2 aromatic heterocycles. The molecule has 0 saturated heterocycles. The Morgan fingerprint density at radius 1 is 0.455 bits per heavy atom. The standard InChI is InChI=1S/C62H44N4/c1-2-16-46(17-3-1)62-63-56(40-57(64-62)45-35-31-43(32-36-45)51-24-14-18-42-15-4-5-19-50(42)51)44-33-29-41(30-34-44)47-37-48(65-58-25-10-6-20-52(58)53-21-7-11-26-59(53)65)39-49(38-47)66-60-27-12-8-22-54(60)55-23-9-13-28-61(55)66/h1-12,14-27,29-40,62-63H,13,28H2. The molecular weight excluding hydrogens is 801 g/mol. The largest absolute Gasteiger partial charge is 0.360 e. The van der Waals surface area contributed by atoms with Gasteiger partial charge in [0.05, 0.1) is 22.3 Å². The van der Waals surface area contributed by atoms with Gasteiger partial charge in [-0.2, -0.15) is 0 Å². The first-order valence-electron chi connectivity index (χ1n) is 23.0. The molecule has 0 amide bonds. The summed E-state index contributed by atoms with van der Waals surface area (Å²) >= 11 is 0. The van der Waals surface area contributed by atoms with Gasteiger partial charge in [-0.3, -0.25) is 4.99 Å². The number of aromatic nitrogens is 2. The van der Waals surface area contributed by atoms with Crippen molar-refractivity contribution in [1.29, 1.82) is 0 Å². The zero-order chi connectivity index (χ0) is 43.6. The minimum Gasteiger partial charge on any atom is -0.360 e. The molecule has 0 spiro atoms. The van der Waals surface area contributed by atoms with E-state index in [2.05, 4.69) is 245 Å². The van der Waals surface area contributed by atoms with E-state index in [1.54, 1.807) is 0 Å². The molecule has 11 aromatic rings. The van der Waals surface area contributed by atoms with Crippen molar-refractivity contribution in [2.45, 2.75) is 19.0 Å².